The molecule has 3 heteroatoms. The summed E-state index contributed by atoms with van der Waals surface area (Å²) in [6.07, 6.45) is 3.48. The van der Waals surface area contributed by atoms with E-state index in [4.69, 9.17) is 4.74 Å². The van der Waals surface area contributed by atoms with E-state index in [1.165, 1.54) is 23.5 Å². The van der Waals surface area contributed by atoms with Gasteiger partial charge in [-0.15, -0.1) is 0 Å². The van der Waals surface area contributed by atoms with Crippen molar-refractivity contribution in [3.63, 3.8) is 0 Å². The fourth-order valence-electron chi connectivity index (χ4n) is 2.58. The molecule has 0 atom stereocenters. The van der Waals surface area contributed by atoms with Crippen LogP contribution < -0.4 is 10.1 Å². The lowest BCUT2D eigenvalue weighted by Gasteiger charge is -2.23. The van der Waals surface area contributed by atoms with Crippen molar-refractivity contribution in [3.05, 3.63) is 23.8 Å². The summed E-state index contributed by atoms with van der Waals surface area (Å²) in [5.41, 5.74) is 2.76. The molecular weight excluding hydrogens is 200 g/mol. The summed E-state index contributed by atoms with van der Waals surface area (Å²) in [6.45, 7) is 2.24. The van der Waals surface area contributed by atoms with Gasteiger partial charge in [0.2, 0.25) is 5.84 Å². The SMILES string of the molecule is COc1ccc2c(c1)[N+]1=C(CC2)NCCC1. The smallest absolute Gasteiger partial charge is 0.250 e. The van der Waals surface area contributed by atoms with Crippen LogP contribution in [0.4, 0.5) is 5.69 Å². The van der Waals surface area contributed by atoms with E-state index in [-0.39, 0.29) is 0 Å². The van der Waals surface area contributed by atoms with Crippen LogP contribution in [0.25, 0.3) is 0 Å². The summed E-state index contributed by atoms with van der Waals surface area (Å²) in [5.74, 6) is 2.33. The van der Waals surface area contributed by atoms with Gasteiger partial charge in [-0.05, 0) is 18.1 Å². The maximum atomic E-state index is 5.30. The fourth-order valence-corrected chi connectivity index (χ4v) is 2.58. The highest BCUT2D eigenvalue weighted by Crippen LogP contribution is 2.30. The van der Waals surface area contributed by atoms with Gasteiger partial charge in [0.1, 0.15) is 11.4 Å². The van der Waals surface area contributed by atoms with Crippen LogP contribution in [0.3, 0.4) is 0 Å². The van der Waals surface area contributed by atoms with Gasteiger partial charge in [0, 0.05) is 12.5 Å². The van der Waals surface area contributed by atoms with E-state index in [0.717, 1.165) is 31.7 Å². The number of ether oxygens (including phenoxy) is 1. The standard InChI is InChI=1S/C13H16N2O/c1-16-11-5-3-10-4-6-13-14-7-2-8-15(13)12(10)9-11/h3,5,9H,2,4,6-8H2,1H3/p+1. The first-order valence-corrected chi connectivity index (χ1v) is 5.92. The minimum Gasteiger partial charge on any atom is -0.497 e. The van der Waals surface area contributed by atoms with Crippen molar-refractivity contribution in [2.24, 2.45) is 0 Å². The molecule has 0 aliphatic carbocycles. The van der Waals surface area contributed by atoms with E-state index in [0.29, 0.717) is 0 Å². The summed E-state index contributed by atoms with van der Waals surface area (Å²) in [7, 11) is 1.73. The first-order valence-electron chi connectivity index (χ1n) is 5.92. The van der Waals surface area contributed by atoms with E-state index in [1.54, 1.807) is 7.11 Å². The van der Waals surface area contributed by atoms with Gasteiger partial charge in [-0.25, -0.2) is 4.58 Å². The molecule has 16 heavy (non-hydrogen) atoms. The Bertz CT molecular complexity index is 451. The minimum absolute atomic E-state index is 0.950. The number of hydrogen-bond donors (Lipinski definition) is 1. The third-order valence-corrected chi connectivity index (χ3v) is 3.43. The third-order valence-electron chi connectivity index (χ3n) is 3.43. The summed E-state index contributed by atoms with van der Waals surface area (Å²) >= 11 is 0. The Morgan fingerprint density at radius 3 is 3.12 bits per heavy atom. The van der Waals surface area contributed by atoms with Crippen LogP contribution in [0.15, 0.2) is 18.2 Å². The zero-order valence-electron chi connectivity index (χ0n) is 9.62. The number of rotatable bonds is 1. The zero-order valence-corrected chi connectivity index (χ0v) is 9.62. The number of nitrogens with one attached hydrogen (secondary N) is 1. The number of hydrogen-bond acceptors (Lipinski definition) is 2. The average molecular weight is 217 g/mol. The molecule has 3 rings (SSSR count). The molecule has 0 aromatic heterocycles. The van der Waals surface area contributed by atoms with Crippen molar-refractivity contribution in [2.45, 2.75) is 19.3 Å². The zero-order chi connectivity index (χ0) is 11.0. The van der Waals surface area contributed by atoms with Gasteiger partial charge in [0.15, 0.2) is 0 Å². The molecular formula is C13H17N2O+. The summed E-state index contributed by atoms with van der Waals surface area (Å²) in [6, 6.07) is 6.41. The number of aryl methyl sites for hydroxylation is 1. The fraction of sp³-hybridized carbons (Fsp3) is 0.462. The highest BCUT2D eigenvalue weighted by Gasteiger charge is 2.26. The number of fused-ring (bicyclic) bond motifs is 2. The van der Waals surface area contributed by atoms with E-state index in [1.807, 2.05) is 0 Å². The largest absolute Gasteiger partial charge is 0.497 e. The second-order valence-electron chi connectivity index (χ2n) is 4.37. The quantitative estimate of drug-likeness (QED) is 0.724. The number of benzene rings is 1. The lowest BCUT2D eigenvalue weighted by atomic mass is 10.0. The molecule has 0 radical (unpaired) electrons. The molecule has 2 aliphatic heterocycles. The van der Waals surface area contributed by atoms with Crippen LogP contribution in [0.1, 0.15) is 18.4 Å². The van der Waals surface area contributed by atoms with Crippen molar-refractivity contribution >= 4 is 11.5 Å². The Hall–Kier alpha value is -1.51. The van der Waals surface area contributed by atoms with Gasteiger partial charge in [-0.3, -0.25) is 5.32 Å². The molecule has 0 saturated carbocycles. The molecule has 2 aliphatic rings. The molecule has 0 unspecified atom stereocenters. The van der Waals surface area contributed by atoms with E-state index in [9.17, 15) is 0 Å². The molecule has 1 aromatic carbocycles. The van der Waals surface area contributed by atoms with E-state index >= 15 is 0 Å². The van der Waals surface area contributed by atoms with Gasteiger partial charge < -0.3 is 4.74 Å². The normalized spacial score (nSPS) is 18.6. The predicted molar refractivity (Wildman–Crippen MR) is 63.7 cm³/mol. The van der Waals surface area contributed by atoms with Crippen molar-refractivity contribution in [1.29, 1.82) is 0 Å². The maximum absolute atomic E-state index is 5.30. The lowest BCUT2D eigenvalue weighted by Crippen LogP contribution is -2.41. The Balaban J connectivity index is 2.10. The highest BCUT2D eigenvalue weighted by molar-refractivity contribution is 5.80. The second-order valence-corrected chi connectivity index (χ2v) is 4.37. The van der Waals surface area contributed by atoms with Crippen LogP contribution in [-0.2, 0) is 6.42 Å². The van der Waals surface area contributed by atoms with Crippen molar-refractivity contribution in [3.8, 4) is 5.75 Å². The molecule has 1 aromatic rings. The molecule has 2 heterocycles. The Morgan fingerprint density at radius 1 is 1.31 bits per heavy atom. The van der Waals surface area contributed by atoms with Crippen LogP contribution in [0.2, 0.25) is 0 Å². The number of amidine groups is 1. The molecule has 0 amide bonds. The topological polar surface area (TPSA) is 24.3 Å². The molecule has 0 saturated heterocycles. The summed E-state index contributed by atoms with van der Waals surface area (Å²) in [5, 5.41) is 3.50. The second kappa shape index (κ2) is 3.81. The summed E-state index contributed by atoms with van der Waals surface area (Å²) < 4.78 is 7.71. The van der Waals surface area contributed by atoms with Crippen molar-refractivity contribution in [1.82, 2.24) is 5.32 Å². The van der Waals surface area contributed by atoms with Crippen LogP contribution >= 0.6 is 0 Å². The van der Waals surface area contributed by atoms with E-state index < -0.39 is 0 Å². The molecule has 0 bridgehead atoms. The van der Waals surface area contributed by atoms with Gasteiger partial charge in [-0.1, -0.05) is 6.07 Å². The molecule has 3 nitrogen and oxygen atoms in total. The van der Waals surface area contributed by atoms with Gasteiger partial charge in [-0.2, -0.15) is 0 Å². The Kier molecular flexibility index (Phi) is 2.31. The molecule has 84 valence electrons. The van der Waals surface area contributed by atoms with Gasteiger partial charge >= 0.3 is 0 Å². The molecule has 0 fully saturated rings. The Morgan fingerprint density at radius 2 is 2.25 bits per heavy atom. The van der Waals surface area contributed by atoms with Gasteiger partial charge in [0.25, 0.3) is 0 Å². The van der Waals surface area contributed by atoms with Crippen LogP contribution in [0, 0.1) is 0 Å². The summed E-state index contributed by atoms with van der Waals surface area (Å²) in [4.78, 5) is 0. The van der Waals surface area contributed by atoms with Crippen LogP contribution in [0.5, 0.6) is 5.75 Å². The third kappa shape index (κ3) is 1.47. The van der Waals surface area contributed by atoms with E-state index in [2.05, 4.69) is 28.1 Å². The van der Waals surface area contributed by atoms with Crippen molar-refractivity contribution in [2.75, 3.05) is 20.2 Å². The first kappa shape index (κ1) is 9.70. The Labute approximate surface area is 95.7 Å². The highest BCUT2D eigenvalue weighted by atomic mass is 16.5. The van der Waals surface area contributed by atoms with Gasteiger partial charge in [0.05, 0.1) is 26.6 Å². The maximum Gasteiger partial charge on any atom is 0.250 e. The minimum atomic E-state index is 0.950. The van der Waals surface area contributed by atoms with Crippen molar-refractivity contribution < 1.29 is 9.31 Å². The monoisotopic (exact) mass is 217 g/mol. The first-order chi connectivity index (χ1) is 7.88. The number of nitrogens with zero attached hydrogens (tertiary/aromatic N) is 1. The predicted octanol–water partition coefficient (Wildman–Crippen LogP) is 1.68. The number of methoxy groups -OCH3 is 1. The molecule has 0 spiro atoms. The van der Waals surface area contributed by atoms with Crippen LogP contribution in [-0.4, -0.2) is 30.6 Å². The lowest BCUT2D eigenvalue weighted by molar-refractivity contribution is -0.451. The molecule has 1 N–H and O–H groups in total. The average Bonchev–Trinajstić information content (AvgIpc) is 2.38.